The second kappa shape index (κ2) is 8.57. The molecule has 0 aromatic heterocycles. The molecule has 0 fully saturated rings. The summed E-state index contributed by atoms with van der Waals surface area (Å²) in [4.78, 5) is 47.3. The maximum atomic E-state index is 12.4. The molecule has 0 unspecified atom stereocenters. The molecule has 0 saturated heterocycles. The van der Waals surface area contributed by atoms with Crippen molar-refractivity contribution in [2.24, 2.45) is 5.73 Å². The molecule has 5 N–H and O–H groups in total. The average molecular weight is 398 g/mol. The summed E-state index contributed by atoms with van der Waals surface area (Å²) < 4.78 is 0. The highest BCUT2D eigenvalue weighted by molar-refractivity contribution is 8.00. The second-order valence-corrected chi connectivity index (χ2v) is 7.09. The fourth-order valence-electron chi connectivity index (χ4n) is 2.55. The summed E-state index contributed by atoms with van der Waals surface area (Å²) >= 11 is 1.43. The van der Waals surface area contributed by atoms with Gasteiger partial charge in [-0.3, -0.25) is 19.2 Å². The van der Waals surface area contributed by atoms with E-state index in [1.165, 1.54) is 11.8 Å². The normalized spacial score (nSPS) is 12.5. The molecule has 2 aromatic carbocycles. The SMILES string of the molecule is NC(=O)CNC(=O)c1ccc(CNC(=O)c2ccc3c(c2)NC(=O)CS3)cc1. The number of primary amides is 1. The maximum absolute atomic E-state index is 12.4. The van der Waals surface area contributed by atoms with Crippen molar-refractivity contribution in [1.29, 1.82) is 0 Å². The molecule has 144 valence electrons. The minimum atomic E-state index is -0.618. The number of carbonyl (C=O) groups is 4. The number of nitrogens with one attached hydrogen (secondary N) is 3. The summed E-state index contributed by atoms with van der Waals surface area (Å²) in [6.45, 7) is 0.0522. The Balaban J connectivity index is 1.57. The smallest absolute Gasteiger partial charge is 0.251 e. The molecule has 0 bridgehead atoms. The Bertz CT molecular complexity index is 943. The van der Waals surface area contributed by atoms with Crippen LogP contribution >= 0.6 is 11.8 Å². The molecule has 1 aliphatic rings. The fourth-order valence-corrected chi connectivity index (χ4v) is 3.34. The van der Waals surface area contributed by atoms with Crippen LogP contribution in [0.2, 0.25) is 0 Å². The van der Waals surface area contributed by atoms with E-state index in [0.29, 0.717) is 22.6 Å². The first-order valence-corrected chi connectivity index (χ1v) is 9.41. The van der Waals surface area contributed by atoms with Gasteiger partial charge in [0, 0.05) is 22.6 Å². The maximum Gasteiger partial charge on any atom is 0.251 e. The highest BCUT2D eigenvalue weighted by atomic mass is 32.2. The van der Waals surface area contributed by atoms with Crippen LogP contribution in [0.5, 0.6) is 0 Å². The van der Waals surface area contributed by atoms with Crippen molar-refractivity contribution in [3.8, 4) is 0 Å². The molecule has 1 aliphatic heterocycles. The van der Waals surface area contributed by atoms with Gasteiger partial charge in [0.25, 0.3) is 11.8 Å². The van der Waals surface area contributed by atoms with Gasteiger partial charge in [-0.25, -0.2) is 0 Å². The van der Waals surface area contributed by atoms with E-state index in [0.717, 1.165) is 10.5 Å². The quantitative estimate of drug-likeness (QED) is 0.574. The highest BCUT2D eigenvalue weighted by Crippen LogP contribution is 2.31. The van der Waals surface area contributed by atoms with Crippen molar-refractivity contribution in [2.45, 2.75) is 11.4 Å². The molecule has 0 radical (unpaired) electrons. The minimum Gasteiger partial charge on any atom is -0.368 e. The number of benzene rings is 2. The molecular formula is C19H18N4O4S. The molecule has 9 heteroatoms. The number of carbonyl (C=O) groups excluding carboxylic acids is 4. The number of thioether (sulfide) groups is 1. The number of fused-ring (bicyclic) bond motifs is 1. The molecule has 1 heterocycles. The Morgan fingerprint density at radius 2 is 1.68 bits per heavy atom. The Morgan fingerprint density at radius 1 is 1.00 bits per heavy atom. The van der Waals surface area contributed by atoms with Gasteiger partial charge in [0.2, 0.25) is 11.8 Å². The number of nitrogens with two attached hydrogens (primary N) is 1. The number of rotatable bonds is 6. The topological polar surface area (TPSA) is 130 Å². The summed E-state index contributed by atoms with van der Waals surface area (Å²) in [7, 11) is 0. The van der Waals surface area contributed by atoms with Gasteiger partial charge >= 0.3 is 0 Å². The molecule has 3 rings (SSSR count). The minimum absolute atomic E-state index is 0.0880. The zero-order valence-corrected chi connectivity index (χ0v) is 15.6. The van der Waals surface area contributed by atoms with Gasteiger partial charge < -0.3 is 21.7 Å². The summed E-state index contributed by atoms with van der Waals surface area (Å²) in [5, 5.41) is 7.96. The molecule has 2 aromatic rings. The zero-order valence-electron chi connectivity index (χ0n) is 14.8. The van der Waals surface area contributed by atoms with E-state index in [4.69, 9.17) is 5.73 Å². The first-order chi connectivity index (χ1) is 13.4. The number of anilines is 1. The van der Waals surface area contributed by atoms with Gasteiger partial charge in [-0.1, -0.05) is 12.1 Å². The van der Waals surface area contributed by atoms with E-state index in [1.54, 1.807) is 36.4 Å². The van der Waals surface area contributed by atoms with E-state index in [2.05, 4.69) is 16.0 Å². The summed E-state index contributed by atoms with van der Waals surface area (Å²) in [6, 6.07) is 11.8. The third-order valence-corrected chi connectivity index (χ3v) is 5.04. The predicted octanol–water partition coefficient (Wildman–Crippen LogP) is 0.876. The molecule has 0 saturated carbocycles. The Kier molecular flexibility index (Phi) is 5.95. The Morgan fingerprint density at radius 3 is 2.39 bits per heavy atom. The third-order valence-electron chi connectivity index (χ3n) is 3.97. The molecule has 28 heavy (non-hydrogen) atoms. The lowest BCUT2D eigenvalue weighted by Crippen LogP contribution is -2.33. The van der Waals surface area contributed by atoms with E-state index >= 15 is 0 Å². The third kappa shape index (κ3) is 4.89. The van der Waals surface area contributed by atoms with E-state index < -0.39 is 11.8 Å². The molecular weight excluding hydrogens is 380 g/mol. The number of amides is 4. The van der Waals surface area contributed by atoms with Crippen molar-refractivity contribution >= 4 is 41.1 Å². The summed E-state index contributed by atoms with van der Waals surface area (Å²) in [6.07, 6.45) is 0. The largest absolute Gasteiger partial charge is 0.368 e. The van der Waals surface area contributed by atoms with Crippen molar-refractivity contribution in [1.82, 2.24) is 10.6 Å². The first-order valence-electron chi connectivity index (χ1n) is 8.43. The van der Waals surface area contributed by atoms with Gasteiger partial charge in [0.05, 0.1) is 18.0 Å². The van der Waals surface area contributed by atoms with Crippen LogP contribution in [0.15, 0.2) is 47.4 Å². The molecule has 0 spiro atoms. The van der Waals surface area contributed by atoms with E-state index in [1.807, 2.05) is 6.07 Å². The van der Waals surface area contributed by atoms with Crippen LogP contribution in [0.4, 0.5) is 5.69 Å². The van der Waals surface area contributed by atoms with Gasteiger partial charge in [-0.05, 0) is 35.9 Å². The van der Waals surface area contributed by atoms with E-state index in [-0.39, 0.29) is 24.9 Å². The van der Waals surface area contributed by atoms with Gasteiger partial charge in [0.1, 0.15) is 0 Å². The van der Waals surface area contributed by atoms with Gasteiger partial charge in [-0.2, -0.15) is 0 Å². The Labute approximate surface area is 165 Å². The second-order valence-electron chi connectivity index (χ2n) is 6.08. The fraction of sp³-hybridized carbons (Fsp3) is 0.158. The van der Waals surface area contributed by atoms with Crippen molar-refractivity contribution in [3.63, 3.8) is 0 Å². The van der Waals surface area contributed by atoms with Crippen LogP contribution in [0.1, 0.15) is 26.3 Å². The van der Waals surface area contributed by atoms with Crippen LogP contribution in [0.3, 0.4) is 0 Å². The lowest BCUT2D eigenvalue weighted by atomic mass is 10.1. The van der Waals surface area contributed by atoms with E-state index in [9.17, 15) is 19.2 Å². The van der Waals surface area contributed by atoms with Crippen LogP contribution in [0, 0.1) is 0 Å². The van der Waals surface area contributed by atoms with Crippen LogP contribution in [0.25, 0.3) is 0 Å². The van der Waals surface area contributed by atoms with Gasteiger partial charge in [0.15, 0.2) is 0 Å². The predicted molar refractivity (Wildman–Crippen MR) is 105 cm³/mol. The van der Waals surface area contributed by atoms with Gasteiger partial charge in [-0.15, -0.1) is 11.8 Å². The van der Waals surface area contributed by atoms with Crippen LogP contribution in [-0.4, -0.2) is 35.9 Å². The standard InChI is InChI=1S/C19H18N4O4S/c20-16(24)9-22-18(26)12-3-1-11(2-4-12)8-21-19(27)13-5-6-15-14(7-13)23-17(25)10-28-15/h1-7H,8-10H2,(H2,20,24)(H,21,27)(H,22,26)(H,23,25). The summed E-state index contributed by atoms with van der Waals surface area (Å²) in [5.41, 5.74) is 7.27. The van der Waals surface area contributed by atoms with Crippen LogP contribution in [-0.2, 0) is 16.1 Å². The average Bonchev–Trinajstić information content (AvgIpc) is 2.70. The van der Waals surface area contributed by atoms with Crippen LogP contribution < -0.4 is 21.7 Å². The first kappa shape index (κ1) is 19.4. The van der Waals surface area contributed by atoms with Crippen molar-refractivity contribution < 1.29 is 19.2 Å². The molecule has 8 nitrogen and oxygen atoms in total. The number of hydrogen-bond acceptors (Lipinski definition) is 5. The molecule has 0 aliphatic carbocycles. The Hall–Kier alpha value is -3.33. The van der Waals surface area contributed by atoms with Crippen molar-refractivity contribution in [2.75, 3.05) is 17.6 Å². The lowest BCUT2D eigenvalue weighted by molar-refractivity contribution is -0.117. The number of hydrogen-bond donors (Lipinski definition) is 4. The highest BCUT2D eigenvalue weighted by Gasteiger charge is 2.17. The lowest BCUT2D eigenvalue weighted by Gasteiger charge is -2.17. The zero-order chi connectivity index (χ0) is 20.1. The molecule has 4 amide bonds. The molecule has 0 atom stereocenters. The summed E-state index contributed by atoms with van der Waals surface area (Å²) in [5.74, 6) is -1.00. The van der Waals surface area contributed by atoms with Crippen molar-refractivity contribution in [3.05, 3.63) is 59.2 Å². The monoisotopic (exact) mass is 398 g/mol.